The van der Waals surface area contributed by atoms with E-state index in [2.05, 4.69) is 63.8 Å². The van der Waals surface area contributed by atoms with Crippen molar-refractivity contribution in [1.82, 2.24) is 25.0 Å². The predicted octanol–water partition coefficient (Wildman–Crippen LogP) is 5.75. The number of benzene rings is 1. The molecule has 0 amide bonds. The molecule has 5 rings (SSSR count). The van der Waals surface area contributed by atoms with E-state index in [1.165, 1.54) is 22.2 Å². The van der Waals surface area contributed by atoms with Crippen molar-refractivity contribution >= 4 is 33.6 Å². The number of nitrogens with zero attached hydrogens (tertiary/aromatic N) is 7. The Morgan fingerprint density at radius 3 is 2.49 bits per heavy atom. The molecule has 3 heterocycles. The van der Waals surface area contributed by atoms with Crippen molar-refractivity contribution in [1.29, 1.82) is 10.5 Å². The van der Waals surface area contributed by atoms with Gasteiger partial charge in [-0.25, -0.2) is 18.4 Å². The van der Waals surface area contributed by atoms with Gasteiger partial charge in [-0.05, 0) is 37.3 Å². The second kappa shape index (κ2) is 9.86. The summed E-state index contributed by atoms with van der Waals surface area (Å²) < 4.78 is 28.8. The number of pyridine rings is 1. The Morgan fingerprint density at radius 1 is 1.15 bits per heavy atom. The molecule has 1 fully saturated rings. The van der Waals surface area contributed by atoms with Crippen LogP contribution in [0.15, 0.2) is 30.0 Å². The van der Waals surface area contributed by atoms with Crippen LogP contribution in [0.5, 0.6) is 0 Å². The van der Waals surface area contributed by atoms with Gasteiger partial charge < -0.3 is 10.6 Å². The quantitative estimate of drug-likeness (QED) is 0.285. The van der Waals surface area contributed by atoms with E-state index in [0.29, 0.717) is 58.5 Å². The molecule has 1 atom stereocenters. The first-order valence-corrected chi connectivity index (χ1v) is 13.3. The highest BCUT2D eigenvalue weighted by Crippen LogP contribution is 2.48. The normalized spacial score (nSPS) is 15.1. The molecule has 1 aliphatic carbocycles. The average Bonchev–Trinajstić information content (AvgIpc) is 3.37. The zero-order valence-electron chi connectivity index (χ0n) is 22.0. The summed E-state index contributed by atoms with van der Waals surface area (Å²) in [5.74, 6) is 0. The fourth-order valence-electron chi connectivity index (χ4n) is 4.43. The number of alkyl halides is 2. The van der Waals surface area contributed by atoms with E-state index in [1.54, 1.807) is 17.8 Å². The highest BCUT2D eigenvalue weighted by atomic mass is 32.1. The summed E-state index contributed by atoms with van der Waals surface area (Å²) >= 11 is 1.41. The number of hydrogen-bond acceptors (Lipinski definition) is 9. The summed E-state index contributed by atoms with van der Waals surface area (Å²) in [4.78, 5) is 9.62. The minimum atomic E-state index is -2.54. The maximum absolute atomic E-state index is 13.7. The Labute approximate surface area is 228 Å². The molecule has 1 aliphatic rings. The van der Waals surface area contributed by atoms with Gasteiger partial charge in [0, 0.05) is 23.8 Å². The molecular formula is C27H27F2N9S. The minimum absolute atomic E-state index is 0.0615. The van der Waals surface area contributed by atoms with Gasteiger partial charge in [0.15, 0.2) is 0 Å². The first-order chi connectivity index (χ1) is 18.6. The van der Waals surface area contributed by atoms with Gasteiger partial charge in [0.1, 0.15) is 29.4 Å². The highest BCUT2D eigenvalue weighted by molar-refractivity contribution is 7.09. The van der Waals surface area contributed by atoms with Crippen LogP contribution in [0.2, 0.25) is 0 Å². The van der Waals surface area contributed by atoms with Gasteiger partial charge in [0.25, 0.3) is 6.43 Å². The molecule has 0 aliphatic heterocycles. The third-order valence-corrected chi connectivity index (χ3v) is 7.79. The van der Waals surface area contributed by atoms with E-state index in [0.717, 1.165) is 10.6 Å². The van der Waals surface area contributed by atoms with Gasteiger partial charge in [-0.15, -0.1) is 16.4 Å². The highest BCUT2D eigenvalue weighted by Gasteiger charge is 2.54. The van der Waals surface area contributed by atoms with Crippen LogP contribution in [0.25, 0.3) is 10.9 Å². The van der Waals surface area contributed by atoms with E-state index < -0.39 is 18.0 Å². The zero-order valence-corrected chi connectivity index (χ0v) is 22.8. The lowest BCUT2D eigenvalue weighted by Crippen LogP contribution is -2.26. The van der Waals surface area contributed by atoms with Crippen molar-refractivity contribution < 1.29 is 8.78 Å². The fourth-order valence-corrected chi connectivity index (χ4v) is 5.29. The van der Waals surface area contributed by atoms with Crippen molar-refractivity contribution in [2.45, 2.75) is 58.5 Å². The fraction of sp³-hybridized carbons (Fsp3) is 0.407. The Kier molecular flexibility index (Phi) is 6.69. The van der Waals surface area contributed by atoms with E-state index in [-0.39, 0.29) is 5.41 Å². The number of rotatable bonds is 8. The van der Waals surface area contributed by atoms with Gasteiger partial charge in [-0.2, -0.15) is 10.5 Å². The number of nitriles is 2. The van der Waals surface area contributed by atoms with E-state index in [9.17, 15) is 19.3 Å². The van der Waals surface area contributed by atoms with E-state index >= 15 is 0 Å². The van der Waals surface area contributed by atoms with Crippen LogP contribution in [0, 0.1) is 35.0 Å². The van der Waals surface area contributed by atoms with Crippen LogP contribution >= 0.6 is 11.3 Å². The number of fused-ring (bicyclic) bond motifs is 1. The number of halogens is 2. The SMILES string of the molecule is Cc1ncsc1[C@H](Nc1cc(C#N)c2ncc(C#N)c(NCC(C)(C)C)c2c1)c1cn(C2(C(F)F)CC2)nn1. The average molecular weight is 548 g/mol. The molecule has 39 heavy (non-hydrogen) atoms. The molecule has 12 heteroatoms. The van der Waals surface area contributed by atoms with Crippen molar-refractivity contribution in [3.8, 4) is 12.1 Å². The lowest BCUT2D eigenvalue weighted by Gasteiger charge is -2.22. The van der Waals surface area contributed by atoms with Gasteiger partial charge in [0.2, 0.25) is 0 Å². The van der Waals surface area contributed by atoms with E-state index in [4.69, 9.17) is 0 Å². The molecule has 1 aromatic carbocycles. The molecule has 0 unspecified atom stereocenters. The molecule has 3 aromatic heterocycles. The molecule has 200 valence electrons. The first-order valence-electron chi connectivity index (χ1n) is 12.4. The second-order valence-electron chi connectivity index (χ2n) is 11.0. The molecule has 2 N–H and O–H groups in total. The van der Waals surface area contributed by atoms with E-state index in [1.807, 2.05) is 13.0 Å². The molecule has 0 saturated heterocycles. The second-order valence-corrected chi connectivity index (χ2v) is 11.9. The third kappa shape index (κ3) is 5.00. The van der Waals surface area contributed by atoms with Crippen LogP contribution in [0.1, 0.15) is 67.0 Å². The van der Waals surface area contributed by atoms with Crippen molar-refractivity contribution in [2.24, 2.45) is 5.41 Å². The summed E-state index contributed by atoms with van der Waals surface area (Å²) in [5.41, 5.74) is 3.93. The summed E-state index contributed by atoms with van der Waals surface area (Å²) in [5, 5.41) is 35.5. The third-order valence-electron chi connectivity index (χ3n) is 6.80. The first kappa shape index (κ1) is 26.4. The standard InChI is InChI=1S/C27H27F2N9S/c1-15-24(39-14-34-15)23(20-12-38(37-36-20)27(5-6-27)25(28)29)35-18-7-16(9-30)21-19(8-18)22(17(10-31)11-32-21)33-13-26(2,3)4/h7-8,11-12,14,23,25,35H,5-6,13H2,1-4H3,(H,32,33)/t23-/m1/s1. The molecule has 0 spiro atoms. The van der Waals surface area contributed by atoms with Gasteiger partial charge in [0.05, 0.1) is 44.6 Å². The monoisotopic (exact) mass is 547 g/mol. The number of thiazole rings is 1. The maximum Gasteiger partial charge on any atom is 0.263 e. The van der Waals surface area contributed by atoms with Crippen molar-refractivity contribution in [2.75, 3.05) is 17.2 Å². The summed E-state index contributed by atoms with van der Waals surface area (Å²) in [6.45, 7) is 8.71. The Morgan fingerprint density at radius 2 is 1.90 bits per heavy atom. The Balaban J connectivity index is 1.60. The summed E-state index contributed by atoms with van der Waals surface area (Å²) in [6, 6.07) is 7.37. The Bertz CT molecular complexity index is 1620. The zero-order chi connectivity index (χ0) is 27.9. The Hall–Kier alpha value is -4.16. The van der Waals surface area contributed by atoms with Crippen LogP contribution in [0.3, 0.4) is 0 Å². The number of anilines is 2. The van der Waals surface area contributed by atoms with Gasteiger partial charge in [-0.3, -0.25) is 4.98 Å². The van der Waals surface area contributed by atoms with Crippen molar-refractivity contribution in [3.63, 3.8) is 0 Å². The van der Waals surface area contributed by atoms with Gasteiger partial charge in [-0.1, -0.05) is 26.0 Å². The molecule has 0 bridgehead atoms. The molecular weight excluding hydrogens is 520 g/mol. The van der Waals surface area contributed by atoms with Crippen LogP contribution in [-0.2, 0) is 5.54 Å². The van der Waals surface area contributed by atoms with Crippen LogP contribution < -0.4 is 10.6 Å². The molecule has 9 nitrogen and oxygen atoms in total. The van der Waals surface area contributed by atoms with Crippen molar-refractivity contribution in [3.05, 3.63) is 57.4 Å². The maximum atomic E-state index is 13.7. The number of aromatic nitrogens is 5. The lowest BCUT2D eigenvalue weighted by atomic mass is 9.96. The molecule has 1 saturated carbocycles. The van der Waals surface area contributed by atoms with Gasteiger partial charge >= 0.3 is 0 Å². The predicted molar refractivity (Wildman–Crippen MR) is 145 cm³/mol. The van der Waals surface area contributed by atoms with Crippen LogP contribution in [0.4, 0.5) is 20.2 Å². The summed E-state index contributed by atoms with van der Waals surface area (Å²) in [7, 11) is 0. The smallest absolute Gasteiger partial charge is 0.263 e. The summed E-state index contributed by atoms with van der Waals surface area (Å²) in [6.07, 6.45) is 1.19. The topological polar surface area (TPSA) is 128 Å². The number of nitrogens with one attached hydrogen (secondary N) is 2. The molecule has 4 aromatic rings. The lowest BCUT2D eigenvalue weighted by molar-refractivity contribution is 0.0593. The minimum Gasteiger partial charge on any atom is -0.383 e. The van der Waals surface area contributed by atoms with Crippen LogP contribution in [-0.4, -0.2) is 37.9 Å². The largest absolute Gasteiger partial charge is 0.383 e. The number of aryl methyl sites for hydroxylation is 1. The molecule has 0 radical (unpaired) electrons. The number of hydrogen-bond donors (Lipinski definition) is 2.